The van der Waals surface area contributed by atoms with E-state index in [0.29, 0.717) is 25.3 Å². The largest absolute Gasteiger partial charge is 0.483 e. The number of fused-ring (bicyclic) bond motifs is 1. The van der Waals surface area contributed by atoms with Gasteiger partial charge in [0.15, 0.2) is 6.61 Å². The molecule has 0 bridgehead atoms. The fraction of sp³-hybridized carbons (Fsp3) is 0.280. The summed E-state index contributed by atoms with van der Waals surface area (Å²) >= 11 is 0. The number of carbonyl (C=O) groups is 2. The van der Waals surface area contributed by atoms with E-state index in [1.165, 1.54) is 0 Å². The number of carbonyl (C=O) groups excluding carboxylic acids is 2. The van der Waals surface area contributed by atoms with Crippen molar-refractivity contribution in [1.82, 2.24) is 10.2 Å². The van der Waals surface area contributed by atoms with Crippen LogP contribution in [0.4, 0.5) is 0 Å². The molecule has 156 valence electrons. The van der Waals surface area contributed by atoms with Crippen LogP contribution in [0.1, 0.15) is 25.8 Å². The van der Waals surface area contributed by atoms with E-state index >= 15 is 0 Å². The first-order chi connectivity index (χ1) is 14.6. The van der Waals surface area contributed by atoms with E-state index in [0.717, 1.165) is 16.3 Å². The number of hydrogen-bond acceptors (Lipinski definition) is 3. The van der Waals surface area contributed by atoms with Crippen LogP contribution in [0, 0.1) is 0 Å². The van der Waals surface area contributed by atoms with Crippen molar-refractivity contribution in [3.63, 3.8) is 0 Å². The maximum atomic E-state index is 13.2. The number of amides is 2. The Kier molecular flexibility index (Phi) is 7.44. The minimum atomic E-state index is -0.547. The van der Waals surface area contributed by atoms with Crippen molar-refractivity contribution in [2.24, 2.45) is 0 Å². The summed E-state index contributed by atoms with van der Waals surface area (Å²) < 4.78 is 5.91. The molecule has 0 saturated heterocycles. The van der Waals surface area contributed by atoms with Gasteiger partial charge in [0.2, 0.25) is 5.91 Å². The Labute approximate surface area is 177 Å². The monoisotopic (exact) mass is 404 g/mol. The molecule has 0 saturated carbocycles. The highest BCUT2D eigenvalue weighted by Gasteiger charge is 2.28. The topological polar surface area (TPSA) is 58.6 Å². The summed E-state index contributed by atoms with van der Waals surface area (Å²) in [6.45, 7) is 4.54. The third-order valence-electron chi connectivity index (χ3n) is 5.03. The summed E-state index contributed by atoms with van der Waals surface area (Å²) in [5.74, 6) is 0.298. The van der Waals surface area contributed by atoms with E-state index in [1.807, 2.05) is 86.6 Å². The van der Waals surface area contributed by atoms with Crippen LogP contribution in [0.25, 0.3) is 10.8 Å². The molecule has 0 radical (unpaired) electrons. The first kappa shape index (κ1) is 21.4. The van der Waals surface area contributed by atoms with Crippen molar-refractivity contribution >= 4 is 22.6 Å². The maximum absolute atomic E-state index is 13.2. The molecule has 1 N–H and O–H groups in total. The van der Waals surface area contributed by atoms with Gasteiger partial charge in [-0.25, -0.2) is 0 Å². The van der Waals surface area contributed by atoms with Gasteiger partial charge in [0.1, 0.15) is 11.8 Å². The zero-order valence-electron chi connectivity index (χ0n) is 17.5. The van der Waals surface area contributed by atoms with E-state index in [1.54, 1.807) is 4.90 Å². The number of ether oxygens (including phenoxy) is 1. The molecule has 5 nitrogen and oxygen atoms in total. The van der Waals surface area contributed by atoms with Gasteiger partial charge in [0.25, 0.3) is 5.91 Å². The van der Waals surface area contributed by atoms with Gasteiger partial charge in [-0.2, -0.15) is 0 Å². The van der Waals surface area contributed by atoms with Gasteiger partial charge in [-0.1, -0.05) is 73.7 Å². The third-order valence-corrected chi connectivity index (χ3v) is 5.03. The summed E-state index contributed by atoms with van der Waals surface area (Å²) in [5, 5.41) is 4.85. The maximum Gasteiger partial charge on any atom is 0.261 e. The van der Waals surface area contributed by atoms with Gasteiger partial charge >= 0.3 is 0 Å². The smallest absolute Gasteiger partial charge is 0.261 e. The summed E-state index contributed by atoms with van der Waals surface area (Å²) in [4.78, 5) is 27.4. The molecule has 0 heterocycles. The standard InChI is InChI=1S/C25H28N2O3/c1-3-22(25(29)26-4-2)27(17-19-11-6-5-7-12-19)24(28)18-30-23-16-10-14-20-13-8-9-15-21(20)23/h5-16,22H,3-4,17-18H2,1-2H3,(H,26,29)/t22-/m0/s1. The summed E-state index contributed by atoms with van der Waals surface area (Å²) in [6.07, 6.45) is 0.526. The summed E-state index contributed by atoms with van der Waals surface area (Å²) in [6, 6.07) is 22.8. The molecular formula is C25H28N2O3. The Balaban J connectivity index is 1.80. The summed E-state index contributed by atoms with van der Waals surface area (Å²) in [7, 11) is 0. The molecule has 0 fully saturated rings. The Morgan fingerprint density at radius 3 is 2.37 bits per heavy atom. The lowest BCUT2D eigenvalue weighted by Crippen LogP contribution is -2.50. The molecule has 3 rings (SSSR count). The van der Waals surface area contributed by atoms with Crippen LogP contribution in [0.3, 0.4) is 0 Å². The highest BCUT2D eigenvalue weighted by atomic mass is 16.5. The zero-order chi connectivity index (χ0) is 21.3. The second kappa shape index (κ2) is 10.4. The molecule has 0 aliphatic heterocycles. The molecular weight excluding hydrogens is 376 g/mol. The van der Waals surface area contributed by atoms with Crippen molar-refractivity contribution in [2.75, 3.05) is 13.2 Å². The second-order valence-electron chi connectivity index (χ2n) is 7.09. The van der Waals surface area contributed by atoms with Crippen molar-refractivity contribution < 1.29 is 14.3 Å². The van der Waals surface area contributed by atoms with Gasteiger partial charge in [-0.05, 0) is 30.4 Å². The highest BCUT2D eigenvalue weighted by molar-refractivity contribution is 5.90. The van der Waals surface area contributed by atoms with Crippen LogP contribution in [0.5, 0.6) is 5.75 Å². The number of hydrogen-bond donors (Lipinski definition) is 1. The molecule has 3 aromatic rings. The number of nitrogens with one attached hydrogen (secondary N) is 1. The normalized spacial score (nSPS) is 11.7. The number of nitrogens with zero attached hydrogens (tertiary/aromatic N) is 1. The van der Waals surface area contributed by atoms with Crippen LogP contribution >= 0.6 is 0 Å². The van der Waals surface area contributed by atoms with Gasteiger partial charge in [0.05, 0.1) is 0 Å². The predicted molar refractivity (Wildman–Crippen MR) is 119 cm³/mol. The van der Waals surface area contributed by atoms with E-state index in [4.69, 9.17) is 4.74 Å². The van der Waals surface area contributed by atoms with Gasteiger partial charge in [-0.3, -0.25) is 9.59 Å². The Morgan fingerprint density at radius 1 is 0.933 bits per heavy atom. The van der Waals surface area contributed by atoms with Crippen LogP contribution in [0.2, 0.25) is 0 Å². The molecule has 0 aliphatic carbocycles. The molecule has 5 heteroatoms. The number of benzene rings is 3. The molecule has 0 aromatic heterocycles. The van der Waals surface area contributed by atoms with Crippen molar-refractivity contribution in [1.29, 1.82) is 0 Å². The molecule has 0 unspecified atom stereocenters. The lowest BCUT2D eigenvalue weighted by Gasteiger charge is -2.30. The second-order valence-corrected chi connectivity index (χ2v) is 7.09. The van der Waals surface area contributed by atoms with Crippen molar-refractivity contribution in [3.05, 3.63) is 78.4 Å². The van der Waals surface area contributed by atoms with E-state index in [2.05, 4.69) is 5.32 Å². The number of rotatable bonds is 9. The minimum absolute atomic E-state index is 0.128. The lowest BCUT2D eigenvalue weighted by atomic mass is 10.1. The first-order valence-electron chi connectivity index (χ1n) is 10.4. The van der Waals surface area contributed by atoms with Crippen LogP contribution in [0.15, 0.2) is 72.8 Å². The SMILES string of the molecule is CCNC(=O)[C@H](CC)N(Cc1ccccc1)C(=O)COc1cccc2ccccc12. The minimum Gasteiger partial charge on any atom is -0.483 e. The average Bonchev–Trinajstić information content (AvgIpc) is 2.78. The van der Waals surface area contributed by atoms with Gasteiger partial charge in [0, 0.05) is 18.5 Å². The lowest BCUT2D eigenvalue weighted by molar-refractivity contribution is -0.142. The van der Waals surface area contributed by atoms with Crippen LogP contribution < -0.4 is 10.1 Å². The molecule has 2 amide bonds. The van der Waals surface area contributed by atoms with Gasteiger partial charge in [-0.15, -0.1) is 0 Å². The molecule has 30 heavy (non-hydrogen) atoms. The van der Waals surface area contributed by atoms with Crippen molar-refractivity contribution in [2.45, 2.75) is 32.9 Å². The highest BCUT2D eigenvalue weighted by Crippen LogP contribution is 2.25. The van der Waals surface area contributed by atoms with Crippen LogP contribution in [-0.2, 0) is 16.1 Å². The van der Waals surface area contributed by atoms with Gasteiger partial charge < -0.3 is 15.0 Å². The zero-order valence-corrected chi connectivity index (χ0v) is 17.5. The predicted octanol–water partition coefficient (Wildman–Crippen LogP) is 4.16. The molecule has 0 aliphatic rings. The Morgan fingerprint density at radius 2 is 1.63 bits per heavy atom. The Hall–Kier alpha value is -3.34. The van der Waals surface area contributed by atoms with Crippen LogP contribution in [-0.4, -0.2) is 35.9 Å². The van der Waals surface area contributed by atoms with E-state index < -0.39 is 6.04 Å². The number of likely N-dealkylation sites (N-methyl/N-ethyl adjacent to an activating group) is 1. The van der Waals surface area contributed by atoms with Crippen molar-refractivity contribution in [3.8, 4) is 5.75 Å². The van der Waals surface area contributed by atoms with E-state index in [-0.39, 0.29) is 18.4 Å². The third kappa shape index (κ3) is 5.17. The van der Waals surface area contributed by atoms with E-state index in [9.17, 15) is 9.59 Å². The fourth-order valence-corrected chi connectivity index (χ4v) is 3.54. The Bertz CT molecular complexity index is 983. The molecule has 3 aromatic carbocycles. The quantitative estimate of drug-likeness (QED) is 0.583. The summed E-state index contributed by atoms with van der Waals surface area (Å²) in [5.41, 5.74) is 0.971. The molecule has 1 atom stereocenters. The molecule has 0 spiro atoms. The fourth-order valence-electron chi connectivity index (χ4n) is 3.54. The first-order valence-corrected chi connectivity index (χ1v) is 10.4. The average molecular weight is 405 g/mol.